The smallest absolute Gasteiger partial charge is 0.301 e. The Morgan fingerprint density at radius 2 is 1.57 bits per heavy atom. The number of methoxy groups -OCH3 is 1. The van der Waals surface area contributed by atoms with Crippen LogP contribution in [0.3, 0.4) is 0 Å². The number of allylic oxidation sites excluding steroid dienone is 2. The highest BCUT2D eigenvalue weighted by Crippen LogP contribution is 2.64. The Kier molecular flexibility index (Phi) is 9.78. The summed E-state index contributed by atoms with van der Waals surface area (Å²) < 4.78 is 20.9. The van der Waals surface area contributed by atoms with Crippen LogP contribution in [-0.4, -0.2) is 64.8 Å². The molecule has 0 aromatic heterocycles. The maximum Gasteiger partial charge on any atom is 0.301 e. The van der Waals surface area contributed by atoms with E-state index in [0.29, 0.717) is 21.8 Å². The fourth-order valence-corrected chi connectivity index (χ4v) is 10.1. The zero-order valence-electron chi connectivity index (χ0n) is 31.8. The molecule has 0 spiro atoms. The lowest BCUT2D eigenvalue weighted by Gasteiger charge is -2.50. The summed E-state index contributed by atoms with van der Waals surface area (Å²) in [6.07, 6.45) is 1.43. The van der Waals surface area contributed by atoms with E-state index in [4.69, 9.17) is 27.9 Å². The monoisotopic (exact) mass is 858 g/mol. The van der Waals surface area contributed by atoms with E-state index in [2.05, 4.69) is 5.43 Å². The minimum Gasteiger partial charge on any atom is -0.505 e. The molecule has 8 rings (SSSR count). The van der Waals surface area contributed by atoms with Gasteiger partial charge in [0.05, 0.1) is 56.5 Å². The number of aromatic hydroxyl groups is 1. The predicted octanol–water partition coefficient (Wildman–Crippen LogP) is 6.92. The number of carbonyl (C=O) groups excluding carboxylic acids is 4. The third kappa shape index (κ3) is 5.93. The number of nitrogens with zero attached hydrogens (tertiary/aromatic N) is 5. The summed E-state index contributed by atoms with van der Waals surface area (Å²) in [5.74, 6) is -10.0. The van der Waals surface area contributed by atoms with Crippen molar-refractivity contribution in [2.75, 3.05) is 36.4 Å². The first-order valence-corrected chi connectivity index (χ1v) is 19.2. The number of anilines is 3. The summed E-state index contributed by atoms with van der Waals surface area (Å²) >= 11 is 12.6. The minimum absolute atomic E-state index is 0.0809. The van der Waals surface area contributed by atoms with Gasteiger partial charge in [-0.3, -0.25) is 44.8 Å². The Labute approximate surface area is 350 Å². The molecule has 0 radical (unpaired) electrons. The van der Waals surface area contributed by atoms with Gasteiger partial charge in [-0.2, -0.15) is 5.01 Å². The number of benzene rings is 4. The first-order valence-electron chi connectivity index (χ1n) is 18.5. The molecule has 16 nitrogen and oxygen atoms in total. The number of halogens is 3. The molecule has 308 valence electrons. The number of amides is 4. The second-order valence-electron chi connectivity index (χ2n) is 15.2. The molecule has 0 bridgehead atoms. The zero-order chi connectivity index (χ0) is 43.1. The highest BCUT2D eigenvalue weighted by molar-refractivity contribution is 6.36. The van der Waals surface area contributed by atoms with Gasteiger partial charge >= 0.3 is 11.4 Å². The van der Waals surface area contributed by atoms with E-state index in [1.54, 1.807) is 30.3 Å². The Morgan fingerprint density at radius 1 is 0.900 bits per heavy atom. The molecular weight excluding hydrogens is 826 g/mol. The predicted molar refractivity (Wildman–Crippen MR) is 215 cm³/mol. The number of nitro benzene ring substituents is 2. The van der Waals surface area contributed by atoms with Gasteiger partial charge in [-0.15, -0.1) is 0 Å². The van der Waals surface area contributed by atoms with E-state index >= 15 is 9.18 Å². The number of ether oxygens (including phenoxy) is 1. The van der Waals surface area contributed by atoms with Crippen LogP contribution < -0.4 is 20.0 Å². The van der Waals surface area contributed by atoms with Gasteiger partial charge in [0.1, 0.15) is 5.75 Å². The lowest BCUT2D eigenvalue weighted by Crippen LogP contribution is -2.53. The zero-order valence-corrected chi connectivity index (χ0v) is 33.3. The van der Waals surface area contributed by atoms with Gasteiger partial charge in [-0.25, -0.2) is 9.29 Å². The summed E-state index contributed by atoms with van der Waals surface area (Å²) in [7, 11) is 4.21. The normalized spacial score (nSPS) is 24.4. The van der Waals surface area contributed by atoms with Gasteiger partial charge in [0.25, 0.3) is 11.8 Å². The van der Waals surface area contributed by atoms with Crippen molar-refractivity contribution in [3.63, 3.8) is 0 Å². The van der Waals surface area contributed by atoms with E-state index < -0.39 is 91.4 Å². The maximum atomic E-state index is 15.5. The Morgan fingerprint density at radius 3 is 2.15 bits per heavy atom. The minimum atomic E-state index is -1.83. The van der Waals surface area contributed by atoms with Crippen LogP contribution in [0.1, 0.15) is 29.9 Å². The standard InChI is InChI=1S/C41H33Cl2FN6O10/c1-46(2)36-31(49(56)57)16-22(17-32(36)50(58)59)47-37(52)25-11-10-24-26(34(25)39(47)54)18-27-38(53)48(45-30-12-7-21(42)15-28(30)43)40(55)41(27,20-5-8-23(60-3)9-6-20)35(24)19-4-13-33(51)29(44)14-19/h4-10,12-17,25-27,34-35,45,51H,11,18H2,1-3H3/t25-,26+,27-,34-,35-,41+/m0/s1. The van der Waals surface area contributed by atoms with Crippen molar-refractivity contribution >= 4 is 75.3 Å². The third-order valence-electron chi connectivity index (χ3n) is 12.0. The van der Waals surface area contributed by atoms with Crippen LogP contribution >= 0.6 is 23.2 Å². The molecule has 2 saturated heterocycles. The summed E-state index contributed by atoms with van der Waals surface area (Å²) in [5.41, 5.74) is -0.0118. The summed E-state index contributed by atoms with van der Waals surface area (Å²) in [4.78, 5) is 84.1. The number of carbonyl (C=O) groups is 4. The number of phenols is 1. The van der Waals surface area contributed by atoms with Crippen molar-refractivity contribution in [2.24, 2.45) is 23.7 Å². The number of phenolic OH excluding ortho intramolecular Hbond substituents is 1. The van der Waals surface area contributed by atoms with Gasteiger partial charge in [-0.1, -0.05) is 53.1 Å². The molecule has 1 saturated carbocycles. The van der Waals surface area contributed by atoms with E-state index in [0.717, 1.165) is 29.3 Å². The highest BCUT2D eigenvalue weighted by Gasteiger charge is 2.70. The number of nitrogens with one attached hydrogen (secondary N) is 1. The molecular formula is C41H33Cl2FN6O10. The summed E-state index contributed by atoms with van der Waals surface area (Å²) in [6.45, 7) is 0. The Bertz CT molecular complexity index is 2570. The summed E-state index contributed by atoms with van der Waals surface area (Å²) in [5, 5.41) is 36.0. The molecule has 6 atom stereocenters. The van der Waals surface area contributed by atoms with E-state index in [-0.39, 0.29) is 45.5 Å². The molecule has 2 aliphatic heterocycles. The molecule has 4 aromatic carbocycles. The van der Waals surface area contributed by atoms with E-state index in [9.17, 15) is 39.7 Å². The molecule has 19 heteroatoms. The molecule has 0 unspecified atom stereocenters. The first kappa shape index (κ1) is 40.2. The van der Waals surface area contributed by atoms with Crippen LogP contribution in [-0.2, 0) is 24.6 Å². The first-order chi connectivity index (χ1) is 28.5. The molecule has 4 aromatic rings. The van der Waals surface area contributed by atoms with Crippen LogP contribution in [0.5, 0.6) is 11.5 Å². The van der Waals surface area contributed by atoms with Gasteiger partial charge < -0.3 is 14.7 Å². The van der Waals surface area contributed by atoms with Crippen LogP contribution in [0.4, 0.5) is 32.8 Å². The van der Waals surface area contributed by atoms with Crippen molar-refractivity contribution in [3.8, 4) is 11.5 Å². The summed E-state index contributed by atoms with van der Waals surface area (Å²) in [6, 6.07) is 16.3. The van der Waals surface area contributed by atoms with Gasteiger partial charge in [-0.05, 0) is 72.4 Å². The molecule has 3 fully saturated rings. The largest absolute Gasteiger partial charge is 0.505 e. The number of hydrogen-bond acceptors (Lipinski definition) is 12. The van der Waals surface area contributed by atoms with Crippen molar-refractivity contribution in [1.82, 2.24) is 5.01 Å². The average molecular weight is 860 g/mol. The second-order valence-corrected chi connectivity index (χ2v) is 16.0. The molecule has 2 aliphatic carbocycles. The van der Waals surface area contributed by atoms with Gasteiger partial charge in [0.15, 0.2) is 17.3 Å². The van der Waals surface area contributed by atoms with Gasteiger partial charge in [0, 0.05) is 37.2 Å². The topological polar surface area (TPSA) is 206 Å². The van der Waals surface area contributed by atoms with Crippen LogP contribution in [0.25, 0.3) is 0 Å². The van der Waals surface area contributed by atoms with Gasteiger partial charge in [0.2, 0.25) is 11.8 Å². The number of rotatable bonds is 9. The molecule has 4 amide bonds. The number of imide groups is 2. The molecule has 60 heavy (non-hydrogen) atoms. The third-order valence-corrected chi connectivity index (χ3v) is 12.6. The number of hydrazine groups is 1. The fraction of sp³-hybridized carbons (Fsp3) is 0.268. The maximum absolute atomic E-state index is 15.5. The van der Waals surface area contributed by atoms with E-state index in [1.165, 1.54) is 50.4 Å². The van der Waals surface area contributed by atoms with Crippen molar-refractivity contribution in [1.29, 1.82) is 0 Å². The van der Waals surface area contributed by atoms with E-state index in [1.807, 2.05) is 0 Å². The second kappa shape index (κ2) is 14.6. The number of nitro groups is 2. The van der Waals surface area contributed by atoms with Crippen LogP contribution in [0.2, 0.25) is 10.0 Å². The van der Waals surface area contributed by atoms with Crippen molar-refractivity contribution < 1.29 is 43.3 Å². The van der Waals surface area contributed by atoms with Crippen LogP contribution in [0, 0.1) is 49.7 Å². The quantitative estimate of drug-likeness (QED) is 0.0762. The Balaban J connectivity index is 1.32. The average Bonchev–Trinajstić information content (AvgIpc) is 3.59. The fourth-order valence-electron chi connectivity index (χ4n) is 9.63. The lowest BCUT2D eigenvalue weighted by atomic mass is 9.49. The number of hydrogen-bond donors (Lipinski definition) is 2. The number of fused-ring (bicyclic) bond motifs is 4. The van der Waals surface area contributed by atoms with Crippen LogP contribution in [0.15, 0.2) is 84.4 Å². The SMILES string of the molecule is COc1ccc([C@@]23C(=O)N(Nc4ccc(Cl)cc4Cl)C(=O)[C@@H]2C[C@@H]2C(=CC[C@@H]4C(=O)N(c5cc([N+](=O)[O-])c(N(C)C)c([N+](=O)[O-])c5)C(=O)[C@@H]42)[C@@H]3c2ccc(O)c(F)c2)cc1. The molecule has 2 N–H and O–H groups in total. The van der Waals surface area contributed by atoms with Crippen molar-refractivity contribution in [3.05, 3.63) is 132 Å². The molecule has 4 aliphatic rings. The lowest BCUT2D eigenvalue weighted by molar-refractivity contribution is -0.392. The van der Waals surface area contributed by atoms with Crippen molar-refractivity contribution in [2.45, 2.75) is 24.2 Å². The highest BCUT2D eigenvalue weighted by atomic mass is 35.5. The molecule has 2 heterocycles. The Hall–Kier alpha value is -6.59.